The highest BCUT2D eigenvalue weighted by Crippen LogP contribution is 2.29. The van der Waals surface area contributed by atoms with Crippen molar-refractivity contribution in [3.05, 3.63) is 107 Å². The van der Waals surface area contributed by atoms with Crippen molar-refractivity contribution in [2.24, 2.45) is 0 Å². The molecule has 0 radical (unpaired) electrons. The van der Waals surface area contributed by atoms with Gasteiger partial charge in [0.25, 0.3) is 0 Å². The Morgan fingerprint density at radius 3 is 1.24 bits per heavy atom. The lowest BCUT2D eigenvalue weighted by atomic mass is 9.93. The maximum atomic E-state index is 5.31. The fourth-order valence-electron chi connectivity index (χ4n) is 3.94. The van der Waals surface area contributed by atoms with Crippen LogP contribution in [0.25, 0.3) is 33.7 Å². The van der Waals surface area contributed by atoms with Gasteiger partial charge in [-0.3, -0.25) is 0 Å². The van der Waals surface area contributed by atoms with Gasteiger partial charge in [-0.05, 0) is 44.8 Å². The van der Waals surface area contributed by atoms with Crippen LogP contribution in [-0.4, -0.2) is 9.73 Å². The van der Waals surface area contributed by atoms with Crippen molar-refractivity contribution in [2.45, 2.75) is 0 Å². The fourth-order valence-corrected chi connectivity index (χ4v) is 4.42. The predicted molar refractivity (Wildman–Crippen MR) is 140 cm³/mol. The monoisotopic (exact) mass is 426 g/mol. The van der Waals surface area contributed by atoms with E-state index >= 15 is 0 Å². The van der Waals surface area contributed by atoms with E-state index in [-0.39, 0.29) is 13.5 Å². The van der Waals surface area contributed by atoms with Crippen molar-refractivity contribution in [2.75, 3.05) is 0 Å². The number of benzene rings is 4. The summed E-state index contributed by atoms with van der Waals surface area (Å²) in [5, 5.41) is 5.13. The maximum Gasteiger partial charge on any atom is 0.0456 e. The SMILES string of the molecule is S.S=C1C=Cc2cccc3cccc1c23.S=C1C=Cc2cccc3cccc1c23. The Bertz CT molecular complexity index is 1230. The van der Waals surface area contributed by atoms with Crippen LogP contribution in [0.4, 0.5) is 0 Å². The van der Waals surface area contributed by atoms with E-state index < -0.39 is 0 Å². The highest BCUT2D eigenvalue weighted by molar-refractivity contribution is 7.81. The summed E-state index contributed by atoms with van der Waals surface area (Å²) in [6.07, 6.45) is 8.20. The molecule has 0 atom stereocenters. The Morgan fingerprint density at radius 1 is 0.448 bits per heavy atom. The lowest BCUT2D eigenvalue weighted by Crippen LogP contribution is -1.99. The van der Waals surface area contributed by atoms with Crippen LogP contribution in [-0.2, 0) is 0 Å². The van der Waals surface area contributed by atoms with Gasteiger partial charge >= 0.3 is 0 Å². The summed E-state index contributed by atoms with van der Waals surface area (Å²) in [6, 6.07) is 25.3. The predicted octanol–water partition coefficient (Wildman–Crippen LogP) is 7.28. The minimum absolute atomic E-state index is 0. The van der Waals surface area contributed by atoms with Gasteiger partial charge in [-0.25, -0.2) is 0 Å². The molecule has 0 bridgehead atoms. The summed E-state index contributed by atoms with van der Waals surface area (Å²) in [4.78, 5) is 1.88. The molecule has 2 aliphatic rings. The van der Waals surface area contributed by atoms with Gasteiger partial charge in [0.2, 0.25) is 0 Å². The molecular weight excluding hydrogens is 408 g/mol. The molecule has 4 aromatic carbocycles. The Balaban J connectivity index is 0.000000137. The Labute approximate surface area is 188 Å². The van der Waals surface area contributed by atoms with Crippen molar-refractivity contribution in [1.82, 2.24) is 0 Å². The molecule has 0 amide bonds. The second-order valence-corrected chi connectivity index (χ2v) is 7.78. The summed E-state index contributed by atoms with van der Waals surface area (Å²) in [7, 11) is 0. The first-order valence-electron chi connectivity index (χ1n) is 9.21. The van der Waals surface area contributed by atoms with Crippen LogP contribution >= 0.6 is 37.9 Å². The molecule has 29 heavy (non-hydrogen) atoms. The molecule has 0 heterocycles. The Kier molecular flexibility index (Phi) is 5.46. The second kappa shape index (κ2) is 8.03. The minimum atomic E-state index is 0. The van der Waals surface area contributed by atoms with Crippen LogP contribution in [0, 0.1) is 0 Å². The van der Waals surface area contributed by atoms with Gasteiger partial charge in [-0.2, -0.15) is 13.5 Å². The first-order valence-corrected chi connectivity index (χ1v) is 10.0. The van der Waals surface area contributed by atoms with Gasteiger partial charge in [0, 0.05) is 20.9 Å². The van der Waals surface area contributed by atoms with Crippen molar-refractivity contribution in [3.63, 3.8) is 0 Å². The smallest absolute Gasteiger partial charge is 0.0456 e. The Hall–Kier alpha value is -2.59. The van der Waals surface area contributed by atoms with E-state index in [9.17, 15) is 0 Å². The summed E-state index contributed by atoms with van der Waals surface area (Å²) in [5.74, 6) is 0. The van der Waals surface area contributed by atoms with Gasteiger partial charge in [-0.15, -0.1) is 0 Å². The summed E-state index contributed by atoms with van der Waals surface area (Å²) >= 11 is 10.6. The van der Waals surface area contributed by atoms with Crippen LogP contribution in [0.1, 0.15) is 22.3 Å². The molecule has 0 saturated carbocycles. The average molecular weight is 427 g/mol. The zero-order valence-electron chi connectivity index (χ0n) is 15.6. The van der Waals surface area contributed by atoms with E-state index in [1.165, 1.54) is 43.8 Å². The molecular formula is C26H18S3. The molecule has 0 spiro atoms. The summed E-state index contributed by atoms with van der Waals surface area (Å²) in [5.41, 5.74) is 4.92. The zero-order valence-corrected chi connectivity index (χ0v) is 18.2. The highest BCUT2D eigenvalue weighted by atomic mass is 32.1. The molecule has 0 aliphatic heterocycles. The van der Waals surface area contributed by atoms with Crippen molar-refractivity contribution in [3.8, 4) is 0 Å². The van der Waals surface area contributed by atoms with Crippen LogP contribution in [0.5, 0.6) is 0 Å². The van der Waals surface area contributed by atoms with Gasteiger partial charge in [0.1, 0.15) is 0 Å². The summed E-state index contributed by atoms with van der Waals surface area (Å²) in [6.45, 7) is 0. The second-order valence-electron chi connectivity index (χ2n) is 6.90. The lowest BCUT2D eigenvalue weighted by Gasteiger charge is -2.12. The maximum absolute atomic E-state index is 5.31. The molecule has 0 aromatic heterocycles. The van der Waals surface area contributed by atoms with Gasteiger partial charge in [0.05, 0.1) is 0 Å². The van der Waals surface area contributed by atoms with Crippen LogP contribution in [0.3, 0.4) is 0 Å². The molecule has 3 heteroatoms. The van der Waals surface area contributed by atoms with Gasteiger partial charge in [-0.1, -0.05) is 109 Å². The third-order valence-corrected chi connectivity index (χ3v) is 5.95. The van der Waals surface area contributed by atoms with E-state index in [0.29, 0.717) is 0 Å². The standard InChI is InChI=1S/2C13H8S.H2S/c2*14-12-8-7-10-4-1-3-9-5-2-6-11(12)13(9)10;/h2*1-8H;1H2. The van der Waals surface area contributed by atoms with E-state index in [1.807, 2.05) is 12.2 Å². The number of thiocarbonyl (C=S) groups is 2. The Morgan fingerprint density at radius 2 is 0.828 bits per heavy atom. The first-order chi connectivity index (χ1) is 13.7. The molecule has 0 N–H and O–H groups in total. The van der Waals surface area contributed by atoms with Crippen molar-refractivity contribution in [1.29, 1.82) is 0 Å². The normalized spacial score (nSPS) is 13.1. The highest BCUT2D eigenvalue weighted by Gasteiger charge is 2.11. The summed E-state index contributed by atoms with van der Waals surface area (Å²) < 4.78 is 0. The third kappa shape index (κ3) is 3.46. The van der Waals surface area contributed by atoms with Crippen LogP contribution < -0.4 is 0 Å². The molecule has 4 aromatic rings. The van der Waals surface area contributed by atoms with E-state index in [0.717, 1.165) is 9.73 Å². The molecule has 0 nitrogen and oxygen atoms in total. The molecule has 140 valence electrons. The number of hydrogen-bond donors (Lipinski definition) is 0. The molecule has 0 unspecified atom stereocenters. The van der Waals surface area contributed by atoms with E-state index in [2.05, 4.69) is 84.9 Å². The van der Waals surface area contributed by atoms with Gasteiger partial charge < -0.3 is 0 Å². The quantitative estimate of drug-likeness (QED) is 0.271. The molecule has 6 rings (SSSR count). The molecule has 2 aliphatic carbocycles. The first kappa shape index (κ1) is 19.7. The zero-order chi connectivity index (χ0) is 19.1. The molecule has 0 saturated heterocycles. The molecule has 0 fully saturated rings. The van der Waals surface area contributed by atoms with Crippen LogP contribution in [0.2, 0.25) is 0 Å². The number of rotatable bonds is 0. The van der Waals surface area contributed by atoms with Gasteiger partial charge in [0.15, 0.2) is 0 Å². The van der Waals surface area contributed by atoms with Crippen LogP contribution in [0.15, 0.2) is 84.9 Å². The average Bonchev–Trinajstić information content (AvgIpc) is 2.74. The number of allylic oxidation sites excluding steroid dienone is 2. The van der Waals surface area contributed by atoms with E-state index in [4.69, 9.17) is 24.4 Å². The largest absolute Gasteiger partial charge is 0.197 e. The van der Waals surface area contributed by atoms with Crippen molar-refractivity contribution < 1.29 is 0 Å². The van der Waals surface area contributed by atoms with E-state index in [1.54, 1.807) is 0 Å². The topological polar surface area (TPSA) is 0 Å². The fraction of sp³-hybridized carbons (Fsp3) is 0. The lowest BCUT2D eigenvalue weighted by molar-refractivity contribution is 1.68. The number of hydrogen-bond acceptors (Lipinski definition) is 2. The van der Waals surface area contributed by atoms with Crippen molar-refractivity contribution >= 4 is 81.4 Å². The third-order valence-electron chi connectivity index (χ3n) is 5.23. The minimum Gasteiger partial charge on any atom is -0.197 e.